The van der Waals surface area contributed by atoms with E-state index in [1.165, 1.54) is 0 Å². The molecule has 0 N–H and O–H groups in total. The van der Waals surface area contributed by atoms with E-state index in [0.717, 1.165) is 22.8 Å². The zero-order valence-corrected chi connectivity index (χ0v) is 47.3. The van der Waals surface area contributed by atoms with Gasteiger partial charge < -0.3 is 75.8 Å². The largest absolute Gasteiger partial charge is 0.382 e. The van der Waals surface area contributed by atoms with Crippen molar-refractivity contribution in [1.82, 2.24) is 39.6 Å². The molecule has 0 aliphatic carbocycles. The zero-order valence-electron chi connectivity index (χ0n) is 47.3. The first-order valence-electron chi connectivity index (χ1n) is 26.3. The summed E-state index contributed by atoms with van der Waals surface area (Å²) in [5, 5.41) is 19.9. The van der Waals surface area contributed by atoms with Crippen LogP contribution in [0.25, 0.3) is 0 Å². The van der Waals surface area contributed by atoms with E-state index in [1.54, 1.807) is 28.4 Å². The van der Waals surface area contributed by atoms with Crippen molar-refractivity contribution >= 4 is 0 Å². The molecule has 440 valence electrons. The molecule has 28 nitrogen and oxygen atoms in total. The number of hydrogen-bond donors (Lipinski definition) is 0. The third-order valence-electron chi connectivity index (χ3n) is 11.5. The van der Waals surface area contributed by atoms with Gasteiger partial charge in [0.25, 0.3) is 0 Å². The van der Waals surface area contributed by atoms with Crippen LogP contribution in [0.15, 0.2) is 24.8 Å². The molecule has 0 saturated heterocycles. The molecule has 0 amide bonds. The highest BCUT2D eigenvalue weighted by Crippen LogP contribution is 2.21. The van der Waals surface area contributed by atoms with Crippen molar-refractivity contribution in [3.8, 4) is 0 Å². The van der Waals surface area contributed by atoms with Gasteiger partial charge in [0.1, 0.15) is 86.2 Å². The predicted octanol–water partition coefficient (Wildman–Crippen LogP) is -2.36. The SMILES string of the molecule is COCCOCCOCCOCc1c[n+](CC(C[n+]2cc(COCCOCCOCCOC)n(C)n2)(C[n+]2cc(COCCOCCOCCOC)n(C)n2)C[n+]2cc(COCCOCCOCCOC)n(C)n2)nn1C. The first-order chi connectivity index (χ1) is 37.7. The number of methoxy groups -OCH3 is 4. The molecule has 77 heavy (non-hydrogen) atoms. The minimum atomic E-state index is -0.681. The van der Waals surface area contributed by atoms with Crippen molar-refractivity contribution < 1.29 is 94.5 Å². The summed E-state index contributed by atoms with van der Waals surface area (Å²) in [6.07, 6.45) is 8.06. The van der Waals surface area contributed by atoms with Gasteiger partial charge >= 0.3 is 0 Å². The standard InChI is InChI=1S/C49H92N12O16/c1-54-45(37-74-29-25-70-21-17-66-13-9-62-5)33-58(50-54)41-49(42-59-34-46(55(2)51-59)38-75-30-26-71-22-18-67-14-10-63-6,43-60-35-47(56(3)52-60)39-76-31-27-72-23-19-68-15-11-64-7)44-61-36-48(57(4)53-61)40-77-32-28-73-24-20-69-16-12-65-8/h33-36H,9-32,37-44H2,1-8H3/q+4. The van der Waals surface area contributed by atoms with Crippen LogP contribution in [-0.4, -0.2) is 227 Å². The van der Waals surface area contributed by atoms with E-state index in [-0.39, 0.29) is 0 Å². The van der Waals surface area contributed by atoms with Crippen molar-refractivity contribution in [2.45, 2.75) is 52.6 Å². The van der Waals surface area contributed by atoms with Crippen LogP contribution in [0.2, 0.25) is 0 Å². The molecule has 28 heteroatoms. The fourth-order valence-corrected chi connectivity index (χ4v) is 7.59. The van der Waals surface area contributed by atoms with Gasteiger partial charge in [0.2, 0.25) is 0 Å². The number of rotatable bonds is 52. The fraction of sp³-hybridized carbons (Fsp3) is 0.837. The van der Waals surface area contributed by atoms with Crippen LogP contribution < -0.4 is 18.7 Å². The molecule has 0 fully saturated rings. The maximum Gasteiger partial charge on any atom is 0.192 e. The molecule has 0 atom stereocenters. The van der Waals surface area contributed by atoms with Gasteiger partial charge in [0.05, 0.1) is 179 Å². The Morgan fingerprint density at radius 3 is 0.636 bits per heavy atom. The van der Waals surface area contributed by atoms with Gasteiger partial charge in [-0.2, -0.15) is 0 Å². The molecule has 0 aromatic carbocycles. The average Bonchev–Trinajstić information content (AvgIpc) is 4.16. The second kappa shape index (κ2) is 41.0. The molecule has 4 rings (SSSR count). The average molecular weight is 1110 g/mol. The zero-order chi connectivity index (χ0) is 55.0. The van der Waals surface area contributed by atoms with Gasteiger partial charge in [-0.3, -0.25) is 0 Å². The van der Waals surface area contributed by atoms with Crippen molar-refractivity contribution in [3.05, 3.63) is 47.6 Å². The van der Waals surface area contributed by atoms with Crippen LogP contribution in [0.1, 0.15) is 22.8 Å². The first-order valence-corrected chi connectivity index (χ1v) is 26.3. The Labute approximate surface area is 453 Å². The summed E-state index contributed by atoms with van der Waals surface area (Å²) in [4.78, 5) is 0. The van der Waals surface area contributed by atoms with Crippen LogP contribution in [0.4, 0.5) is 0 Å². The molecule has 4 aromatic rings. The molecule has 0 bridgehead atoms. The Balaban J connectivity index is 1.55. The van der Waals surface area contributed by atoms with Gasteiger partial charge in [-0.1, -0.05) is 0 Å². The van der Waals surface area contributed by atoms with Crippen molar-refractivity contribution in [3.63, 3.8) is 0 Å². The van der Waals surface area contributed by atoms with E-state index in [9.17, 15) is 0 Å². The molecular formula is C49H92N12O16+4. The second-order valence-electron chi connectivity index (χ2n) is 17.9. The summed E-state index contributed by atoms with van der Waals surface area (Å²) in [6.45, 7) is 14.6. The molecule has 0 radical (unpaired) electrons. The van der Waals surface area contributed by atoms with Crippen molar-refractivity contribution in [2.75, 3.05) is 187 Å². The maximum absolute atomic E-state index is 6.06. The number of hydrogen-bond acceptors (Lipinski definition) is 20. The molecule has 0 saturated carbocycles. The number of aromatic nitrogens is 12. The summed E-state index contributed by atoms with van der Waals surface area (Å²) in [6, 6.07) is 0. The van der Waals surface area contributed by atoms with Crippen LogP contribution >= 0.6 is 0 Å². The number of ether oxygens (including phenoxy) is 16. The van der Waals surface area contributed by atoms with E-state index in [2.05, 4.69) is 0 Å². The maximum atomic E-state index is 6.06. The van der Waals surface area contributed by atoms with Gasteiger partial charge in [-0.15, -0.1) is 37.5 Å². The highest BCUT2D eigenvalue weighted by atomic mass is 16.6. The summed E-state index contributed by atoms with van der Waals surface area (Å²) in [5.74, 6) is 0. The van der Waals surface area contributed by atoms with E-state index in [0.29, 0.717) is 211 Å². The molecule has 4 heterocycles. The van der Waals surface area contributed by atoms with Crippen LogP contribution in [0.5, 0.6) is 0 Å². The lowest BCUT2D eigenvalue weighted by molar-refractivity contribution is -0.863. The van der Waals surface area contributed by atoms with Crippen LogP contribution in [0, 0.1) is 5.41 Å². The highest BCUT2D eigenvalue weighted by molar-refractivity contribution is 4.90. The van der Waals surface area contributed by atoms with Crippen molar-refractivity contribution in [2.24, 2.45) is 33.6 Å². The van der Waals surface area contributed by atoms with Gasteiger partial charge in [-0.25, -0.2) is 0 Å². The normalized spacial score (nSPS) is 12.1. The van der Waals surface area contributed by atoms with Gasteiger partial charge in [0, 0.05) is 28.4 Å². The second-order valence-corrected chi connectivity index (χ2v) is 17.9. The third-order valence-corrected chi connectivity index (χ3v) is 11.5. The minimum absolute atomic E-state index is 0.333. The molecule has 0 spiro atoms. The number of aryl methyl sites for hydroxylation is 4. The van der Waals surface area contributed by atoms with Crippen LogP contribution in [0.3, 0.4) is 0 Å². The van der Waals surface area contributed by atoms with Crippen LogP contribution in [-0.2, 0) is 157 Å². The molecule has 0 aliphatic rings. The Morgan fingerprint density at radius 2 is 0.455 bits per heavy atom. The summed E-state index contributed by atoms with van der Waals surface area (Å²) in [7, 11) is 14.2. The number of nitrogens with zero attached hydrogens (tertiary/aromatic N) is 12. The van der Waals surface area contributed by atoms with Gasteiger partial charge in [0.15, 0.2) is 47.6 Å². The Hall–Kier alpha value is -4.08. The monoisotopic (exact) mass is 1100 g/mol. The van der Waals surface area contributed by atoms with E-state index < -0.39 is 5.41 Å². The molecule has 0 aliphatic heterocycles. The highest BCUT2D eigenvalue weighted by Gasteiger charge is 2.45. The predicted molar refractivity (Wildman–Crippen MR) is 269 cm³/mol. The Morgan fingerprint density at radius 1 is 0.286 bits per heavy atom. The lowest BCUT2D eigenvalue weighted by Gasteiger charge is -2.24. The lowest BCUT2D eigenvalue weighted by atomic mass is 9.87. The van der Waals surface area contributed by atoms with E-state index in [1.807, 2.05) is 90.4 Å². The Kier molecular flexibility index (Phi) is 34.9. The quantitative estimate of drug-likeness (QED) is 0.0332. The smallest absolute Gasteiger partial charge is 0.192 e. The fourth-order valence-electron chi connectivity index (χ4n) is 7.59. The van der Waals surface area contributed by atoms with Crippen molar-refractivity contribution in [1.29, 1.82) is 0 Å². The van der Waals surface area contributed by atoms with E-state index in [4.69, 9.17) is 96.6 Å². The Bertz CT molecular complexity index is 1790. The van der Waals surface area contributed by atoms with Gasteiger partial charge in [-0.05, 0) is 0 Å². The summed E-state index contributed by atoms with van der Waals surface area (Å²) < 4.78 is 104. The lowest BCUT2D eigenvalue weighted by Crippen LogP contribution is -2.64. The van der Waals surface area contributed by atoms with E-state index >= 15 is 0 Å². The minimum Gasteiger partial charge on any atom is -0.382 e. The third kappa shape index (κ3) is 28.1. The molecular weight excluding hydrogens is 1010 g/mol. The summed E-state index contributed by atoms with van der Waals surface area (Å²) in [5.41, 5.74) is 2.85. The molecule has 0 unspecified atom stereocenters. The topological polar surface area (TPSA) is 234 Å². The summed E-state index contributed by atoms with van der Waals surface area (Å²) >= 11 is 0. The first kappa shape index (κ1) is 65.4. The molecule has 4 aromatic heterocycles.